The van der Waals surface area contributed by atoms with Gasteiger partial charge in [-0.25, -0.2) is 0 Å². The molecule has 0 N–H and O–H groups in total. The Balaban J connectivity index is 1.13. The number of allylic oxidation sites excluding steroid dienone is 1. The van der Waals surface area contributed by atoms with E-state index in [1.165, 1.54) is 29.5 Å². The highest BCUT2D eigenvalue weighted by molar-refractivity contribution is 5.75. The molecule has 4 fully saturated rings. The van der Waals surface area contributed by atoms with Crippen LogP contribution in [0.25, 0.3) is 0 Å². The molecule has 4 aliphatic rings. The maximum absolute atomic E-state index is 13.1. The largest absolute Gasteiger partial charge is 0.462 e. The predicted molar refractivity (Wildman–Crippen MR) is 143 cm³/mol. The molecule has 0 bridgehead atoms. The van der Waals surface area contributed by atoms with E-state index >= 15 is 0 Å². The highest BCUT2D eigenvalue weighted by atomic mass is 16.6. The summed E-state index contributed by atoms with van der Waals surface area (Å²) in [6, 6.07) is 22.0. The van der Waals surface area contributed by atoms with Crippen LogP contribution < -0.4 is 0 Å². The zero-order valence-electron chi connectivity index (χ0n) is 21.6. The quantitative estimate of drug-likeness (QED) is 0.402. The second-order valence-electron chi connectivity index (χ2n) is 12.0. The van der Waals surface area contributed by atoms with Crippen molar-refractivity contribution in [3.05, 3.63) is 83.9 Å². The third-order valence-electron chi connectivity index (χ3n) is 9.78. The number of benzene rings is 2. The van der Waals surface area contributed by atoms with Crippen LogP contribution in [0, 0.1) is 23.2 Å². The summed E-state index contributed by atoms with van der Waals surface area (Å²) in [5.74, 6) is 0.968. The maximum atomic E-state index is 13.1. The van der Waals surface area contributed by atoms with Crippen LogP contribution in [0.2, 0.25) is 0 Å². The van der Waals surface area contributed by atoms with E-state index in [9.17, 15) is 4.79 Å². The molecule has 2 heterocycles. The zero-order chi connectivity index (χ0) is 24.7. The van der Waals surface area contributed by atoms with Crippen LogP contribution >= 0.6 is 0 Å². The van der Waals surface area contributed by atoms with Gasteiger partial charge < -0.3 is 4.74 Å². The fraction of sp³-hybridized carbons (Fsp3) is 0.531. The Morgan fingerprint density at radius 2 is 1.64 bits per heavy atom. The van der Waals surface area contributed by atoms with Gasteiger partial charge in [-0.15, -0.1) is 0 Å². The lowest BCUT2D eigenvalue weighted by Gasteiger charge is -2.50. The van der Waals surface area contributed by atoms with Crippen LogP contribution in [0.1, 0.15) is 56.2 Å². The maximum Gasteiger partial charge on any atom is 0.310 e. The molecule has 0 unspecified atom stereocenters. The summed E-state index contributed by atoms with van der Waals surface area (Å²) in [5, 5.41) is 0. The molecule has 36 heavy (non-hydrogen) atoms. The average molecular weight is 485 g/mol. The van der Waals surface area contributed by atoms with Gasteiger partial charge in [0.1, 0.15) is 6.10 Å². The van der Waals surface area contributed by atoms with E-state index in [2.05, 4.69) is 84.0 Å². The number of carbonyl (C=O) groups excluding carboxylic acids is 1. The Kier molecular flexibility index (Phi) is 6.51. The number of hydrogen-bond donors (Lipinski definition) is 0. The monoisotopic (exact) mass is 484 g/mol. The molecule has 5 atom stereocenters. The van der Waals surface area contributed by atoms with Crippen molar-refractivity contribution in [2.75, 3.05) is 32.7 Å². The van der Waals surface area contributed by atoms with Crippen molar-refractivity contribution in [2.45, 2.75) is 51.2 Å². The first kappa shape index (κ1) is 23.9. The number of nitrogens with zero attached hydrogens (tertiary/aromatic N) is 2. The van der Waals surface area contributed by atoms with E-state index in [-0.39, 0.29) is 29.4 Å². The summed E-state index contributed by atoms with van der Waals surface area (Å²) in [4.78, 5) is 18.2. The van der Waals surface area contributed by atoms with Crippen molar-refractivity contribution in [3.63, 3.8) is 0 Å². The van der Waals surface area contributed by atoms with Gasteiger partial charge in [0.15, 0.2) is 0 Å². The molecule has 0 aromatic heterocycles. The number of esters is 1. The first-order valence-corrected chi connectivity index (χ1v) is 14.0. The van der Waals surface area contributed by atoms with Crippen molar-refractivity contribution < 1.29 is 9.53 Å². The van der Waals surface area contributed by atoms with Gasteiger partial charge in [0.25, 0.3) is 0 Å². The number of piperazine rings is 1. The molecule has 4 nitrogen and oxygen atoms in total. The van der Waals surface area contributed by atoms with Gasteiger partial charge in [0.05, 0.1) is 12.0 Å². The minimum atomic E-state index is 0.0138. The summed E-state index contributed by atoms with van der Waals surface area (Å²) in [7, 11) is 0. The molecule has 190 valence electrons. The third kappa shape index (κ3) is 4.43. The van der Waals surface area contributed by atoms with Gasteiger partial charge in [-0.05, 0) is 54.6 Å². The Bertz CT molecular complexity index is 1040. The van der Waals surface area contributed by atoms with E-state index in [4.69, 9.17) is 4.74 Å². The Labute approximate surface area is 216 Å². The molecule has 0 spiro atoms. The van der Waals surface area contributed by atoms with Crippen molar-refractivity contribution in [1.29, 1.82) is 0 Å². The van der Waals surface area contributed by atoms with Crippen molar-refractivity contribution in [1.82, 2.24) is 9.80 Å². The summed E-state index contributed by atoms with van der Waals surface area (Å²) in [6.07, 6.45) is 5.85. The summed E-state index contributed by atoms with van der Waals surface area (Å²) in [5.41, 5.74) is 4.37. The second-order valence-corrected chi connectivity index (χ2v) is 12.0. The molecule has 0 radical (unpaired) electrons. The number of ether oxygens (including phenoxy) is 1. The topological polar surface area (TPSA) is 32.8 Å². The SMILES string of the molecule is C=C1CCC[C@]2(C)C[C@H]3OC(=O)[C@H](CN4CCN(C(c5ccccc5)c5ccccc5)CC4)[C@H]3C[C@H]12. The van der Waals surface area contributed by atoms with Crippen molar-refractivity contribution in [2.24, 2.45) is 23.2 Å². The lowest BCUT2D eigenvalue weighted by atomic mass is 9.55. The predicted octanol–water partition coefficient (Wildman–Crippen LogP) is 5.71. The van der Waals surface area contributed by atoms with Crippen LogP contribution in [-0.4, -0.2) is 54.6 Å². The molecule has 2 aliphatic carbocycles. The molecule has 2 saturated carbocycles. The van der Waals surface area contributed by atoms with Crippen LogP contribution in [0.15, 0.2) is 72.8 Å². The van der Waals surface area contributed by atoms with Gasteiger partial charge in [-0.1, -0.05) is 79.7 Å². The molecular weight excluding hydrogens is 444 g/mol. The lowest BCUT2D eigenvalue weighted by Crippen LogP contribution is -2.50. The van der Waals surface area contributed by atoms with E-state index in [1.54, 1.807) is 0 Å². The number of hydrogen-bond acceptors (Lipinski definition) is 4. The highest BCUT2D eigenvalue weighted by Crippen LogP contribution is 2.57. The molecule has 6 rings (SSSR count). The second kappa shape index (κ2) is 9.79. The van der Waals surface area contributed by atoms with Gasteiger partial charge in [-0.3, -0.25) is 14.6 Å². The number of fused-ring (bicyclic) bond motifs is 2. The Hall–Kier alpha value is -2.43. The zero-order valence-corrected chi connectivity index (χ0v) is 21.6. The van der Waals surface area contributed by atoms with Crippen LogP contribution in [0.4, 0.5) is 0 Å². The first-order valence-electron chi connectivity index (χ1n) is 14.0. The third-order valence-corrected chi connectivity index (χ3v) is 9.78. The molecule has 4 heteroatoms. The fourth-order valence-corrected chi connectivity index (χ4v) is 7.83. The normalized spacial score (nSPS) is 33.3. The molecule has 0 amide bonds. The molecule has 2 aromatic rings. The van der Waals surface area contributed by atoms with Crippen molar-refractivity contribution >= 4 is 5.97 Å². The highest BCUT2D eigenvalue weighted by Gasteiger charge is 2.55. The van der Waals surface area contributed by atoms with Crippen LogP contribution in [0.3, 0.4) is 0 Å². The van der Waals surface area contributed by atoms with Gasteiger partial charge >= 0.3 is 5.97 Å². The number of rotatable bonds is 5. The summed E-state index contributed by atoms with van der Waals surface area (Å²) >= 11 is 0. The van der Waals surface area contributed by atoms with E-state index in [1.807, 2.05) is 0 Å². The molecule has 2 aromatic carbocycles. The molecular formula is C32H40N2O2. The summed E-state index contributed by atoms with van der Waals surface area (Å²) in [6.45, 7) is 11.7. The smallest absolute Gasteiger partial charge is 0.310 e. The van der Waals surface area contributed by atoms with E-state index in [0.29, 0.717) is 11.8 Å². The summed E-state index contributed by atoms with van der Waals surface area (Å²) < 4.78 is 6.04. The minimum absolute atomic E-state index is 0.0138. The van der Waals surface area contributed by atoms with E-state index < -0.39 is 0 Å². The Morgan fingerprint density at radius 1 is 1.00 bits per heavy atom. The molecule has 2 aliphatic heterocycles. The first-order chi connectivity index (χ1) is 17.5. The van der Waals surface area contributed by atoms with Crippen LogP contribution in [-0.2, 0) is 9.53 Å². The van der Waals surface area contributed by atoms with Gasteiger partial charge in [0.2, 0.25) is 0 Å². The average Bonchev–Trinajstić information content (AvgIpc) is 3.18. The van der Waals surface area contributed by atoms with Crippen LogP contribution in [0.5, 0.6) is 0 Å². The standard InChI is InChI=1S/C32H40N2O2/c1-23-10-9-15-32(2)21-29-26(20-28(23)32)27(31(35)36-29)22-33-16-18-34(19-17-33)30(24-11-5-3-6-12-24)25-13-7-4-8-14-25/h3-8,11-14,26-30H,1,9-10,15-22H2,2H3/t26-,27-,28-,29-,32-/m1/s1. The fourth-order valence-electron chi connectivity index (χ4n) is 7.83. The minimum Gasteiger partial charge on any atom is -0.462 e. The van der Waals surface area contributed by atoms with Gasteiger partial charge in [-0.2, -0.15) is 0 Å². The lowest BCUT2D eigenvalue weighted by molar-refractivity contribution is -0.146. The van der Waals surface area contributed by atoms with Gasteiger partial charge in [0, 0.05) is 38.6 Å². The van der Waals surface area contributed by atoms with Crippen molar-refractivity contribution in [3.8, 4) is 0 Å². The Morgan fingerprint density at radius 3 is 2.28 bits per heavy atom. The number of carbonyl (C=O) groups is 1. The van der Waals surface area contributed by atoms with E-state index in [0.717, 1.165) is 52.0 Å². The molecule has 2 saturated heterocycles.